The first-order valence-electron chi connectivity index (χ1n) is 6.18. The standard InChI is InChI=1S/C12H19N5O/c13-11-2-1-10(9-16-11)12(18)15-5-8-17-6-3-14-4-7-17/h1-2,9,14H,3-8H2,(H2,13,16)(H,15,18). The fourth-order valence-electron chi connectivity index (χ4n) is 1.90. The van der Waals surface area contributed by atoms with Gasteiger partial charge in [0.25, 0.3) is 5.91 Å². The summed E-state index contributed by atoms with van der Waals surface area (Å²) in [6, 6.07) is 3.31. The van der Waals surface area contributed by atoms with Crippen molar-refractivity contribution in [3.05, 3.63) is 23.9 Å². The van der Waals surface area contributed by atoms with Crippen molar-refractivity contribution >= 4 is 11.7 Å². The number of nitrogen functional groups attached to an aromatic ring is 1. The van der Waals surface area contributed by atoms with Gasteiger partial charge in [-0.1, -0.05) is 0 Å². The number of nitrogens with one attached hydrogen (secondary N) is 2. The Bertz CT molecular complexity index is 386. The molecule has 0 radical (unpaired) electrons. The van der Waals surface area contributed by atoms with Crippen molar-refractivity contribution < 1.29 is 4.79 Å². The van der Waals surface area contributed by atoms with Gasteiger partial charge < -0.3 is 16.4 Å². The van der Waals surface area contributed by atoms with Crippen molar-refractivity contribution in [2.75, 3.05) is 45.0 Å². The lowest BCUT2D eigenvalue weighted by atomic mass is 10.2. The topological polar surface area (TPSA) is 83.3 Å². The summed E-state index contributed by atoms with van der Waals surface area (Å²) in [7, 11) is 0. The van der Waals surface area contributed by atoms with Gasteiger partial charge in [0.2, 0.25) is 0 Å². The number of nitrogens with two attached hydrogens (primary N) is 1. The van der Waals surface area contributed by atoms with Crippen molar-refractivity contribution in [1.82, 2.24) is 20.5 Å². The van der Waals surface area contributed by atoms with E-state index in [1.807, 2.05) is 0 Å². The molecule has 1 fully saturated rings. The summed E-state index contributed by atoms with van der Waals surface area (Å²) in [4.78, 5) is 18.0. The maximum atomic E-state index is 11.8. The van der Waals surface area contributed by atoms with Crippen LogP contribution < -0.4 is 16.4 Å². The number of aromatic nitrogens is 1. The van der Waals surface area contributed by atoms with E-state index < -0.39 is 0 Å². The third kappa shape index (κ3) is 3.68. The summed E-state index contributed by atoms with van der Waals surface area (Å²) < 4.78 is 0. The van der Waals surface area contributed by atoms with E-state index in [4.69, 9.17) is 5.73 Å². The molecule has 0 saturated carbocycles. The fourth-order valence-corrected chi connectivity index (χ4v) is 1.90. The van der Waals surface area contributed by atoms with Crippen molar-refractivity contribution in [2.24, 2.45) is 0 Å². The Hall–Kier alpha value is -1.66. The van der Waals surface area contributed by atoms with Gasteiger partial charge in [-0.05, 0) is 12.1 Å². The summed E-state index contributed by atoms with van der Waals surface area (Å²) in [6.45, 7) is 5.67. The number of nitrogens with zero attached hydrogens (tertiary/aromatic N) is 2. The third-order valence-corrected chi connectivity index (χ3v) is 2.97. The number of rotatable bonds is 4. The molecule has 0 unspecified atom stereocenters. The van der Waals surface area contributed by atoms with Crippen LogP contribution in [0.25, 0.3) is 0 Å². The summed E-state index contributed by atoms with van der Waals surface area (Å²) in [5.41, 5.74) is 6.01. The summed E-state index contributed by atoms with van der Waals surface area (Å²) in [6.07, 6.45) is 1.50. The quantitative estimate of drug-likeness (QED) is 0.657. The average molecular weight is 249 g/mol. The number of hydrogen-bond donors (Lipinski definition) is 3. The minimum atomic E-state index is -0.0994. The average Bonchev–Trinajstić information content (AvgIpc) is 2.40. The molecule has 1 aliphatic heterocycles. The van der Waals surface area contributed by atoms with Crippen LogP contribution >= 0.6 is 0 Å². The Morgan fingerprint density at radius 2 is 2.22 bits per heavy atom. The van der Waals surface area contributed by atoms with E-state index in [1.54, 1.807) is 12.1 Å². The summed E-state index contributed by atoms with van der Waals surface area (Å²) in [5.74, 6) is 0.324. The second-order valence-corrected chi connectivity index (χ2v) is 4.32. The highest BCUT2D eigenvalue weighted by molar-refractivity contribution is 5.93. The minimum Gasteiger partial charge on any atom is -0.384 e. The molecule has 1 saturated heterocycles. The minimum absolute atomic E-state index is 0.0994. The molecule has 6 heteroatoms. The number of piperazine rings is 1. The Balaban J connectivity index is 1.72. The number of anilines is 1. The van der Waals surface area contributed by atoms with E-state index in [1.165, 1.54) is 6.20 Å². The zero-order chi connectivity index (χ0) is 12.8. The second kappa shape index (κ2) is 6.32. The number of amides is 1. The molecule has 0 aliphatic carbocycles. The molecular formula is C12H19N5O. The first-order chi connectivity index (χ1) is 8.75. The van der Waals surface area contributed by atoms with Crippen molar-refractivity contribution in [3.8, 4) is 0 Å². The Morgan fingerprint density at radius 3 is 2.89 bits per heavy atom. The Morgan fingerprint density at radius 1 is 1.44 bits per heavy atom. The molecule has 0 atom stereocenters. The monoisotopic (exact) mass is 249 g/mol. The van der Waals surface area contributed by atoms with Crippen LogP contribution in [0.4, 0.5) is 5.82 Å². The first-order valence-corrected chi connectivity index (χ1v) is 6.18. The van der Waals surface area contributed by atoms with Crippen LogP contribution in [0.3, 0.4) is 0 Å². The third-order valence-electron chi connectivity index (χ3n) is 2.97. The van der Waals surface area contributed by atoms with Crippen LogP contribution in [0.5, 0.6) is 0 Å². The van der Waals surface area contributed by atoms with Gasteiger partial charge in [0.1, 0.15) is 5.82 Å². The van der Waals surface area contributed by atoms with Crippen LogP contribution in [0.1, 0.15) is 10.4 Å². The van der Waals surface area contributed by atoms with Gasteiger partial charge in [-0.15, -0.1) is 0 Å². The Labute approximate surface area is 107 Å². The van der Waals surface area contributed by atoms with Crippen LogP contribution in [-0.4, -0.2) is 55.1 Å². The van der Waals surface area contributed by atoms with Gasteiger partial charge in [-0.25, -0.2) is 4.98 Å². The maximum absolute atomic E-state index is 11.8. The molecule has 2 rings (SSSR count). The summed E-state index contributed by atoms with van der Waals surface area (Å²) >= 11 is 0. The molecule has 1 aromatic heterocycles. The van der Waals surface area contributed by atoms with Gasteiger partial charge in [-0.3, -0.25) is 9.69 Å². The summed E-state index contributed by atoms with van der Waals surface area (Å²) in [5, 5.41) is 6.18. The van der Waals surface area contributed by atoms with E-state index in [0.717, 1.165) is 32.7 Å². The predicted molar refractivity (Wildman–Crippen MR) is 70.3 cm³/mol. The number of pyridine rings is 1. The van der Waals surface area contributed by atoms with Gasteiger partial charge in [-0.2, -0.15) is 0 Å². The van der Waals surface area contributed by atoms with Crippen molar-refractivity contribution in [1.29, 1.82) is 0 Å². The smallest absolute Gasteiger partial charge is 0.252 e. The van der Waals surface area contributed by atoms with Gasteiger partial charge in [0.05, 0.1) is 5.56 Å². The zero-order valence-corrected chi connectivity index (χ0v) is 10.4. The number of carbonyl (C=O) groups excluding carboxylic acids is 1. The van der Waals surface area contributed by atoms with E-state index in [9.17, 15) is 4.79 Å². The lowest BCUT2D eigenvalue weighted by Crippen LogP contribution is -2.46. The number of carbonyl (C=O) groups is 1. The highest BCUT2D eigenvalue weighted by Gasteiger charge is 2.10. The van der Waals surface area contributed by atoms with Gasteiger partial charge >= 0.3 is 0 Å². The molecule has 0 spiro atoms. The molecular weight excluding hydrogens is 230 g/mol. The van der Waals surface area contributed by atoms with Gasteiger partial charge in [0.15, 0.2) is 0 Å². The van der Waals surface area contributed by atoms with Crippen LogP contribution in [-0.2, 0) is 0 Å². The maximum Gasteiger partial charge on any atom is 0.252 e. The number of hydrogen-bond acceptors (Lipinski definition) is 5. The fraction of sp³-hybridized carbons (Fsp3) is 0.500. The molecule has 1 amide bonds. The molecule has 2 heterocycles. The lowest BCUT2D eigenvalue weighted by molar-refractivity contribution is 0.0947. The van der Waals surface area contributed by atoms with Crippen LogP contribution in [0, 0.1) is 0 Å². The molecule has 6 nitrogen and oxygen atoms in total. The second-order valence-electron chi connectivity index (χ2n) is 4.32. The highest BCUT2D eigenvalue weighted by Crippen LogP contribution is 2.00. The largest absolute Gasteiger partial charge is 0.384 e. The molecule has 18 heavy (non-hydrogen) atoms. The molecule has 98 valence electrons. The first kappa shape index (κ1) is 12.8. The van der Waals surface area contributed by atoms with E-state index in [-0.39, 0.29) is 5.91 Å². The van der Waals surface area contributed by atoms with Gasteiger partial charge in [0, 0.05) is 45.5 Å². The van der Waals surface area contributed by atoms with Crippen molar-refractivity contribution in [2.45, 2.75) is 0 Å². The molecule has 4 N–H and O–H groups in total. The van der Waals surface area contributed by atoms with E-state index in [0.29, 0.717) is 17.9 Å². The molecule has 1 aromatic rings. The predicted octanol–water partition coefficient (Wildman–Crippen LogP) is -0.701. The van der Waals surface area contributed by atoms with E-state index in [2.05, 4.69) is 20.5 Å². The molecule has 0 bridgehead atoms. The van der Waals surface area contributed by atoms with Crippen LogP contribution in [0.15, 0.2) is 18.3 Å². The zero-order valence-electron chi connectivity index (χ0n) is 10.4. The molecule has 0 aromatic carbocycles. The van der Waals surface area contributed by atoms with E-state index >= 15 is 0 Å². The van der Waals surface area contributed by atoms with Crippen molar-refractivity contribution in [3.63, 3.8) is 0 Å². The SMILES string of the molecule is Nc1ccc(C(=O)NCCN2CCNCC2)cn1. The highest BCUT2D eigenvalue weighted by atomic mass is 16.1. The normalized spacial score (nSPS) is 16.4. The Kier molecular flexibility index (Phi) is 4.49. The molecule has 1 aliphatic rings. The lowest BCUT2D eigenvalue weighted by Gasteiger charge is -2.27. The van der Waals surface area contributed by atoms with Crippen LogP contribution in [0.2, 0.25) is 0 Å².